The summed E-state index contributed by atoms with van der Waals surface area (Å²) < 4.78 is 33.8. The number of carbonyl (C=O) groups is 2. The van der Waals surface area contributed by atoms with Crippen LogP contribution in [-0.4, -0.2) is 51.4 Å². The van der Waals surface area contributed by atoms with Crippen molar-refractivity contribution in [3.05, 3.63) is 89.4 Å². The number of anilines is 1. The van der Waals surface area contributed by atoms with Crippen molar-refractivity contribution in [2.24, 2.45) is 5.92 Å². The molecule has 0 aromatic heterocycles. The first-order valence-electron chi connectivity index (χ1n) is 12.6. The van der Waals surface area contributed by atoms with Crippen LogP contribution in [-0.2, 0) is 26.2 Å². The molecule has 0 aliphatic carbocycles. The van der Waals surface area contributed by atoms with Crippen molar-refractivity contribution in [2.45, 2.75) is 38.3 Å². The number of methoxy groups -OCH3 is 1. The maximum Gasteiger partial charge on any atom is 0.264 e. The predicted molar refractivity (Wildman–Crippen MR) is 153 cm³/mol. The molecule has 1 atom stereocenters. The van der Waals surface area contributed by atoms with E-state index in [0.29, 0.717) is 12.3 Å². The van der Waals surface area contributed by atoms with Crippen LogP contribution in [0.3, 0.4) is 0 Å². The Labute approximate surface area is 235 Å². The van der Waals surface area contributed by atoms with Gasteiger partial charge in [0.25, 0.3) is 10.0 Å². The number of ether oxygens (including phenoxy) is 1. The molecule has 0 fully saturated rings. The number of amides is 2. The van der Waals surface area contributed by atoms with Gasteiger partial charge in [-0.2, -0.15) is 0 Å². The zero-order chi connectivity index (χ0) is 28.6. The number of hydrogen-bond donors (Lipinski definition) is 1. The molecule has 0 saturated heterocycles. The minimum atomic E-state index is -4.18. The molecule has 0 spiro atoms. The largest absolute Gasteiger partial charge is 0.497 e. The highest BCUT2D eigenvalue weighted by atomic mass is 35.5. The molecule has 0 bridgehead atoms. The maximum absolute atomic E-state index is 13.9. The number of nitrogens with zero attached hydrogens (tertiary/aromatic N) is 2. The van der Waals surface area contributed by atoms with Gasteiger partial charge >= 0.3 is 0 Å². The quantitative estimate of drug-likeness (QED) is 0.339. The molecule has 0 unspecified atom stereocenters. The van der Waals surface area contributed by atoms with Crippen LogP contribution in [0.25, 0.3) is 0 Å². The topological polar surface area (TPSA) is 96.0 Å². The molecule has 39 heavy (non-hydrogen) atoms. The fourth-order valence-electron chi connectivity index (χ4n) is 3.89. The van der Waals surface area contributed by atoms with Crippen molar-refractivity contribution in [1.29, 1.82) is 0 Å². The van der Waals surface area contributed by atoms with Crippen LogP contribution < -0.4 is 14.4 Å². The number of carbonyl (C=O) groups excluding carboxylic acids is 2. The van der Waals surface area contributed by atoms with Gasteiger partial charge in [0.1, 0.15) is 18.3 Å². The average Bonchev–Trinajstić information content (AvgIpc) is 2.93. The van der Waals surface area contributed by atoms with Crippen LogP contribution in [0.15, 0.2) is 83.8 Å². The van der Waals surface area contributed by atoms with Crippen LogP contribution in [0.1, 0.15) is 26.3 Å². The van der Waals surface area contributed by atoms with Gasteiger partial charge in [-0.15, -0.1) is 0 Å². The Morgan fingerprint density at radius 1 is 0.949 bits per heavy atom. The third kappa shape index (κ3) is 7.74. The minimum absolute atomic E-state index is 0.0137. The summed E-state index contributed by atoms with van der Waals surface area (Å²) in [5.41, 5.74) is 0.885. The van der Waals surface area contributed by atoms with Gasteiger partial charge in [0.15, 0.2) is 0 Å². The third-order valence-corrected chi connectivity index (χ3v) is 8.16. The molecular weight excluding hydrogens is 538 g/mol. The molecule has 10 heteroatoms. The van der Waals surface area contributed by atoms with E-state index in [4.69, 9.17) is 16.3 Å². The lowest BCUT2D eigenvalue weighted by molar-refractivity contribution is -0.139. The Kier molecular flexibility index (Phi) is 10.4. The normalized spacial score (nSPS) is 12.1. The van der Waals surface area contributed by atoms with Crippen LogP contribution in [0.4, 0.5) is 5.69 Å². The van der Waals surface area contributed by atoms with E-state index in [-0.39, 0.29) is 34.0 Å². The molecule has 8 nitrogen and oxygen atoms in total. The molecule has 2 amide bonds. The molecule has 0 aliphatic rings. The van der Waals surface area contributed by atoms with Crippen molar-refractivity contribution >= 4 is 39.1 Å². The van der Waals surface area contributed by atoms with E-state index in [1.165, 1.54) is 17.0 Å². The highest BCUT2D eigenvalue weighted by Gasteiger charge is 2.33. The van der Waals surface area contributed by atoms with E-state index < -0.39 is 28.5 Å². The summed E-state index contributed by atoms with van der Waals surface area (Å²) in [7, 11) is -2.63. The van der Waals surface area contributed by atoms with E-state index in [1.807, 2.05) is 19.9 Å². The van der Waals surface area contributed by atoms with Crippen LogP contribution in [0.2, 0.25) is 5.02 Å². The number of rotatable bonds is 12. The Morgan fingerprint density at radius 2 is 1.62 bits per heavy atom. The lowest BCUT2D eigenvalue weighted by atomic mass is 10.1. The van der Waals surface area contributed by atoms with Gasteiger partial charge in [-0.1, -0.05) is 67.9 Å². The zero-order valence-corrected chi connectivity index (χ0v) is 24.1. The summed E-state index contributed by atoms with van der Waals surface area (Å²) >= 11 is 6.41. The Hall–Kier alpha value is -3.56. The van der Waals surface area contributed by atoms with E-state index in [2.05, 4.69) is 5.32 Å². The second-order valence-electron chi connectivity index (χ2n) is 9.46. The number of sulfonamides is 1. The average molecular weight is 572 g/mol. The maximum atomic E-state index is 13.9. The highest BCUT2D eigenvalue weighted by molar-refractivity contribution is 7.92. The van der Waals surface area contributed by atoms with Gasteiger partial charge in [0.05, 0.1) is 22.7 Å². The van der Waals surface area contributed by atoms with Gasteiger partial charge in [-0.3, -0.25) is 13.9 Å². The summed E-state index contributed by atoms with van der Waals surface area (Å²) in [6.45, 7) is 5.51. The summed E-state index contributed by atoms with van der Waals surface area (Å²) in [6, 6.07) is 20.5. The first kappa shape index (κ1) is 30.0. The van der Waals surface area contributed by atoms with Crippen molar-refractivity contribution in [3.63, 3.8) is 0 Å². The fourth-order valence-corrected chi connectivity index (χ4v) is 5.63. The van der Waals surface area contributed by atoms with Gasteiger partial charge in [-0.05, 0) is 54.8 Å². The second-order valence-corrected chi connectivity index (χ2v) is 11.7. The number of halogens is 1. The van der Waals surface area contributed by atoms with E-state index in [9.17, 15) is 18.0 Å². The zero-order valence-electron chi connectivity index (χ0n) is 22.5. The van der Waals surface area contributed by atoms with Crippen molar-refractivity contribution in [1.82, 2.24) is 10.2 Å². The van der Waals surface area contributed by atoms with Crippen LogP contribution >= 0.6 is 11.6 Å². The van der Waals surface area contributed by atoms with Gasteiger partial charge < -0.3 is 15.0 Å². The van der Waals surface area contributed by atoms with Crippen molar-refractivity contribution < 1.29 is 22.7 Å². The van der Waals surface area contributed by atoms with E-state index in [0.717, 1.165) is 9.87 Å². The van der Waals surface area contributed by atoms with Crippen LogP contribution in [0.5, 0.6) is 5.75 Å². The molecule has 1 N–H and O–H groups in total. The summed E-state index contributed by atoms with van der Waals surface area (Å²) in [5, 5.41) is 3.04. The molecule has 3 aromatic rings. The van der Waals surface area contributed by atoms with Crippen molar-refractivity contribution in [2.75, 3.05) is 24.5 Å². The fraction of sp³-hybridized carbons (Fsp3) is 0.310. The monoisotopic (exact) mass is 571 g/mol. The first-order chi connectivity index (χ1) is 18.5. The minimum Gasteiger partial charge on any atom is -0.497 e. The third-order valence-electron chi connectivity index (χ3n) is 6.07. The van der Waals surface area contributed by atoms with Gasteiger partial charge in [0.2, 0.25) is 11.8 Å². The first-order valence-corrected chi connectivity index (χ1v) is 14.4. The molecule has 3 rings (SSSR count). The summed E-state index contributed by atoms with van der Waals surface area (Å²) in [5.74, 6) is -0.0869. The summed E-state index contributed by atoms with van der Waals surface area (Å²) in [6.07, 6.45) is 0. The molecule has 208 valence electrons. The Bertz CT molecular complexity index is 1380. The lowest BCUT2D eigenvalue weighted by Gasteiger charge is -2.32. The molecule has 0 heterocycles. The molecule has 0 radical (unpaired) electrons. The summed E-state index contributed by atoms with van der Waals surface area (Å²) in [4.78, 5) is 28.4. The standard InChI is InChI=1S/C29H34ClN3O5S/c1-21(2)18-31-29(35)22(3)32(19-23-11-10-12-24(17-23)38-4)28(34)20-33(27-16-9-8-15-26(27)30)39(36,37)25-13-6-5-7-14-25/h5-17,21-22H,18-20H2,1-4H3,(H,31,35)/t22-/m1/s1. The lowest BCUT2D eigenvalue weighted by Crippen LogP contribution is -2.51. The number of hydrogen-bond acceptors (Lipinski definition) is 5. The smallest absolute Gasteiger partial charge is 0.264 e. The number of benzene rings is 3. The number of para-hydroxylation sites is 1. The van der Waals surface area contributed by atoms with Gasteiger partial charge in [0, 0.05) is 13.1 Å². The molecule has 0 aliphatic heterocycles. The van der Waals surface area contributed by atoms with E-state index in [1.54, 1.807) is 74.7 Å². The Morgan fingerprint density at radius 3 is 2.26 bits per heavy atom. The molecular formula is C29H34ClN3O5S. The molecule has 3 aromatic carbocycles. The SMILES string of the molecule is COc1cccc(CN(C(=O)CN(c2ccccc2Cl)S(=O)(=O)c2ccccc2)[C@H](C)C(=O)NCC(C)C)c1. The molecule has 0 saturated carbocycles. The number of nitrogens with one attached hydrogen (secondary N) is 1. The predicted octanol–water partition coefficient (Wildman–Crippen LogP) is 4.73. The second kappa shape index (κ2) is 13.5. The van der Waals surface area contributed by atoms with Crippen LogP contribution in [0, 0.1) is 5.92 Å². The van der Waals surface area contributed by atoms with Crippen molar-refractivity contribution in [3.8, 4) is 5.75 Å². The Balaban J connectivity index is 2.02. The van der Waals surface area contributed by atoms with E-state index >= 15 is 0 Å². The van der Waals surface area contributed by atoms with Gasteiger partial charge in [-0.25, -0.2) is 8.42 Å². The highest BCUT2D eigenvalue weighted by Crippen LogP contribution is 2.30.